The molecule has 2 amide bonds. The highest BCUT2D eigenvalue weighted by Gasteiger charge is 2.14. The molecule has 9 heteroatoms. The van der Waals surface area contributed by atoms with Gasteiger partial charge in [-0.1, -0.05) is 28.9 Å². The zero-order valence-electron chi connectivity index (χ0n) is 17.6. The summed E-state index contributed by atoms with van der Waals surface area (Å²) < 4.78 is 10.5. The van der Waals surface area contributed by atoms with Crippen LogP contribution in [0.15, 0.2) is 75.9 Å². The van der Waals surface area contributed by atoms with Crippen LogP contribution in [0.25, 0.3) is 11.4 Å². The number of hydrogen-bond acceptors (Lipinski definition) is 6. The Morgan fingerprint density at radius 3 is 2.61 bits per heavy atom. The predicted octanol–water partition coefficient (Wildman–Crippen LogP) is 4.87. The van der Waals surface area contributed by atoms with E-state index in [9.17, 15) is 9.59 Å². The third kappa shape index (κ3) is 6.08. The summed E-state index contributed by atoms with van der Waals surface area (Å²) in [7, 11) is 0. The molecule has 2 heterocycles. The number of halogens is 1. The van der Waals surface area contributed by atoms with E-state index in [0.717, 1.165) is 5.56 Å². The van der Waals surface area contributed by atoms with Gasteiger partial charge in [0.25, 0.3) is 5.91 Å². The molecule has 0 spiro atoms. The second-order valence-corrected chi connectivity index (χ2v) is 7.66. The molecule has 2 aromatic heterocycles. The number of furan rings is 1. The number of anilines is 1. The molecule has 168 valence electrons. The van der Waals surface area contributed by atoms with Gasteiger partial charge >= 0.3 is 0 Å². The summed E-state index contributed by atoms with van der Waals surface area (Å²) in [6.45, 7) is 0.260. The Kier molecular flexibility index (Phi) is 7.16. The van der Waals surface area contributed by atoms with Gasteiger partial charge in [0.2, 0.25) is 17.6 Å². The molecule has 0 unspecified atom stereocenters. The molecule has 4 aromatic rings. The molecular formula is C24H21ClN4O4. The molecule has 0 aliphatic heterocycles. The average molecular weight is 465 g/mol. The Balaban J connectivity index is 1.28. The molecule has 2 N–H and O–H groups in total. The minimum atomic E-state index is -0.303. The minimum absolute atomic E-state index is 0.210. The number of amides is 2. The number of benzene rings is 2. The zero-order valence-corrected chi connectivity index (χ0v) is 18.3. The van der Waals surface area contributed by atoms with Crippen LogP contribution in [0.1, 0.15) is 34.9 Å². The number of para-hydroxylation sites is 1. The first-order valence-electron chi connectivity index (χ1n) is 10.4. The molecule has 8 nitrogen and oxygen atoms in total. The second kappa shape index (κ2) is 10.6. The van der Waals surface area contributed by atoms with Gasteiger partial charge in [-0.25, -0.2) is 0 Å². The highest BCUT2D eigenvalue weighted by Crippen LogP contribution is 2.20. The van der Waals surface area contributed by atoms with Crippen molar-refractivity contribution in [2.24, 2.45) is 0 Å². The molecule has 0 saturated carbocycles. The predicted molar refractivity (Wildman–Crippen MR) is 123 cm³/mol. The molecule has 4 rings (SSSR count). The average Bonchev–Trinajstić information content (AvgIpc) is 3.51. The number of carbonyl (C=O) groups is 2. The Labute approximate surface area is 194 Å². The lowest BCUT2D eigenvalue weighted by Crippen LogP contribution is -2.24. The molecule has 0 aliphatic carbocycles. The lowest BCUT2D eigenvalue weighted by molar-refractivity contribution is -0.116. The van der Waals surface area contributed by atoms with Crippen LogP contribution in [-0.4, -0.2) is 22.0 Å². The highest BCUT2D eigenvalue weighted by atomic mass is 35.5. The maximum Gasteiger partial charge on any atom is 0.253 e. The SMILES string of the molecule is O=C(CCCc1nc(-c2ccc(Cl)cc2)no1)Nc1ccccc1C(=O)NCc1ccco1. The van der Waals surface area contributed by atoms with Crippen molar-refractivity contribution in [3.05, 3.63) is 89.2 Å². The molecule has 33 heavy (non-hydrogen) atoms. The van der Waals surface area contributed by atoms with E-state index in [1.165, 1.54) is 0 Å². The molecular weight excluding hydrogens is 444 g/mol. The van der Waals surface area contributed by atoms with Gasteiger partial charge in [0, 0.05) is 23.4 Å². The fourth-order valence-electron chi connectivity index (χ4n) is 3.15. The Hall–Kier alpha value is -3.91. The van der Waals surface area contributed by atoms with Crippen LogP contribution in [0.2, 0.25) is 5.02 Å². The van der Waals surface area contributed by atoms with Crippen LogP contribution in [0.3, 0.4) is 0 Å². The lowest BCUT2D eigenvalue weighted by atomic mass is 10.1. The zero-order chi connectivity index (χ0) is 23.0. The first kappa shape index (κ1) is 22.3. The van der Waals surface area contributed by atoms with Crippen LogP contribution in [0, 0.1) is 0 Å². The number of aromatic nitrogens is 2. The molecule has 2 aromatic carbocycles. The third-order valence-corrected chi connectivity index (χ3v) is 5.07. The van der Waals surface area contributed by atoms with Gasteiger partial charge in [-0.05, 0) is 55.0 Å². The first-order chi connectivity index (χ1) is 16.1. The van der Waals surface area contributed by atoms with Crippen LogP contribution in [-0.2, 0) is 17.8 Å². The first-order valence-corrected chi connectivity index (χ1v) is 10.7. The summed E-state index contributed by atoms with van der Waals surface area (Å²) in [4.78, 5) is 29.3. The number of rotatable bonds is 9. The van der Waals surface area contributed by atoms with Crippen LogP contribution in [0.5, 0.6) is 0 Å². The lowest BCUT2D eigenvalue weighted by Gasteiger charge is -2.11. The second-order valence-electron chi connectivity index (χ2n) is 7.23. The van der Waals surface area contributed by atoms with E-state index < -0.39 is 0 Å². The summed E-state index contributed by atoms with van der Waals surface area (Å²) >= 11 is 5.90. The molecule has 0 bridgehead atoms. The van der Waals surface area contributed by atoms with E-state index >= 15 is 0 Å². The summed E-state index contributed by atoms with van der Waals surface area (Å²) in [6, 6.07) is 17.5. The van der Waals surface area contributed by atoms with Gasteiger partial charge in [-0.3, -0.25) is 9.59 Å². The van der Waals surface area contributed by atoms with Gasteiger partial charge < -0.3 is 19.6 Å². The molecule has 0 fully saturated rings. The third-order valence-electron chi connectivity index (χ3n) is 4.81. The number of carbonyl (C=O) groups excluding carboxylic acids is 2. The van der Waals surface area contributed by atoms with Crippen molar-refractivity contribution in [1.82, 2.24) is 15.5 Å². The Morgan fingerprint density at radius 1 is 1.00 bits per heavy atom. The molecule has 0 atom stereocenters. The molecule has 0 aliphatic rings. The van der Waals surface area contributed by atoms with Crippen molar-refractivity contribution >= 4 is 29.1 Å². The fraction of sp³-hybridized carbons (Fsp3) is 0.167. The van der Waals surface area contributed by atoms with Crippen molar-refractivity contribution < 1.29 is 18.5 Å². The monoisotopic (exact) mass is 464 g/mol. The number of nitrogens with one attached hydrogen (secondary N) is 2. The van der Waals surface area contributed by atoms with Crippen molar-refractivity contribution in [1.29, 1.82) is 0 Å². The van der Waals surface area contributed by atoms with Crippen LogP contribution < -0.4 is 10.6 Å². The summed E-state index contributed by atoms with van der Waals surface area (Å²) in [5.74, 6) is 1.05. The van der Waals surface area contributed by atoms with Crippen molar-refractivity contribution in [2.45, 2.75) is 25.8 Å². The Morgan fingerprint density at radius 2 is 1.82 bits per heavy atom. The van der Waals surface area contributed by atoms with Crippen LogP contribution in [0.4, 0.5) is 5.69 Å². The Bertz CT molecular complexity index is 1220. The van der Waals surface area contributed by atoms with E-state index in [0.29, 0.717) is 46.6 Å². The van der Waals surface area contributed by atoms with Gasteiger partial charge in [0.1, 0.15) is 5.76 Å². The van der Waals surface area contributed by atoms with E-state index in [2.05, 4.69) is 20.8 Å². The van der Waals surface area contributed by atoms with E-state index in [4.69, 9.17) is 20.5 Å². The van der Waals surface area contributed by atoms with E-state index in [1.54, 1.807) is 54.8 Å². The van der Waals surface area contributed by atoms with Gasteiger partial charge in [-0.2, -0.15) is 4.98 Å². The van der Waals surface area contributed by atoms with E-state index in [-0.39, 0.29) is 24.8 Å². The van der Waals surface area contributed by atoms with Gasteiger partial charge in [-0.15, -0.1) is 0 Å². The van der Waals surface area contributed by atoms with Gasteiger partial charge in [0.15, 0.2) is 0 Å². The van der Waals surface area contributed by atoms with Gasteiger partial charge in [0.05, 0.1) is 24.1 Å². The van der Waals surface area contributed by atoms with Crippen LogP contribution >= 0.6 is 11.6 Å². The normalized spacial score (nSPS) is 10.7. The maximum absolute atomic E-state index is 12.5. The minimum Gasteiger partial charge on any atom is -0.467 e. The molecule has 0 radical (unpaired) electrons. The summed E-state index contributed by atoms with van der Waals surface area (Å²) in [6.07, 6.45) is 2.75. The standard InChI is InChI=1S/C24H21ClN4O4/c25-17-12-10-16(11-13-17)23-28-22(33-29-23)9-3-8-21(30)27-20-7-2-1-6-19(20)24(31)26-15-18-5-4-14-32-18/h1-2,4-7,10-14H,3,8-9,15H2,(H,26,31)(H,27,30). The molecule has 0 saturated heterocycles. The maximum atomic E-state index is 12.5. The summed E-state index contributed by atoms with van der Waals surface area (Å²) in [5.41, 5.74) is 1.62. The topological polar surface area (TPSA) is 110 Å². The largest absolute Gasteiger partial charge is 0.467 e. The number of hydrogen-bond donors (Lipinski definition) is 2. The van der Waals surface area contributed by atoms with Crippen molar-refractivity contribution in [3.63, 3.8) is 0 Å². The van der Waals surface area contributed by atoms with Crippen molar-refractivity contribution in [2.75, 3.05) is 5.32 Å². The number of nitrogens with zero attached hydrogens (tertiary/aromatic N) is 2. The summed E-state index contributed by atoms with van der Waals surface area (Å²) in [5, 5.41) is 10.2. The number of aryl methyl sites for hydroxylation is 1. The quantitative estimate of drug-likeness (QED) is 0.365. The smallest absolute Gasteiger partial charge is 0.253 e. The van der Waals surface area contributed by atoms with Crippen molar-refractivity contribution in [3.8, 4) is 11.4 Å². The van der Waals surface area contributed by atoms with E-state index in [1.807, 2.05) is 12.1 Å². The highest BCUT2D eigenvalue weighted by molar-refractivity contribution is 6.30. The fourth-order valence-corrected chi connectivity index (χ4v) is 3.28.